The summed E-state index contributed by atoms with van der Waals surface area (Å²) in [6, 6.07) is 0. The van der Waals surface area contributed by atoms with E-state index in [4.69, 9.17) is 0 Å². The van der Waals surface area contributed by atoms with Gasteiger partial charge in [-0.25, -0.2) is 0 Å². The van der Waals surface area contributed by atoms with Gasteiger partial charge in [0, 0.05) is 5.41 Å². The van der Waals surface area contributed by atoms with Gasteiger partial charge in [-0.3, -0.25) is 0 Å². The molecule has 0 amide bonds. The van der Waals surface area contributed by atoms with Gasteiger partial charge in [-0.2, -0.15) is 0 Å². The molecule has 0 aromatic carbocycles. The average molecular weight is 138 g/mol. The summed E-state index contributed by atoms with van der Waals surface area (Å²) in [7, 11) is 0. The molecule has 1 rings (SSSR count). The lowest BCUT2D eigenvalue weighted by atomic mass is 9.88. The quantitative estimate of drug-likeness (QED) is 0.401. The second kappa shape index (κ2) is 3.00. The molecule has 0 aromatic heterocycles. The Hall–Kier alpha value is -0.590. The van der Waals surface area contributed by atoms with Crippen LogP contribution in [-0.4, -0.2) is 6.29 Å². The normalized spacial score (nSPS) is 33.3. The minimum atomic E-state index is -0.156. The van der Waals surface area contributed by atoms with Crippen LogP contribution in [0.1, 0.15) is 32.6 Å². The Morgan fingerprint density at radius 2 is 2.30 bits per heavy atom. The van der Waals surface area contributed by atoms with Crippen LogP contribution in [-0.2, 0) is 4.79 Å². The standard InChI is InChI=1S/C9H14O/c1-9(8-10)6-4-2-3-5-7-9/h4,6,8H,2-3,5,7H2,1H3. The molecule has 10 heavy (non-hydrogen) atoms. The van der Waals surface area contributed by atoms with Gasteiger partial charge in [0.15, 0.2) is 0 Å². The van der Waals surface area contributed by atoms with E-state index < -0.39 is 0 Å². The summed E-state index contributed by atoms with van der Waals surface area (Å²) in [6.45, 7) is 2.00. The van der Waals surface area contributed by atoms with Crippen LogP contribution in [0.3, 0.4) is 0 Å². The van der Waals surface area contributed by atoms with Crippen molar-refractivity contribution >= 4 is 6.29 Å². The molecule has 1 aliphatic carbocycles. The zero-order valence-corrected chi connectivity index (χ0v) is 6.47. The van der Waals surface area contributed by atoms with Crippen molar-refractivity contribution < 1.29 is 4.79 Å². The summed E-state index contributed by atoms with van der Waals surface area (Å²) in [4.78, 5) is 10.6. The molecule has 0 saturated carbocycles. The lowest BCUT2D eigenvalue weighted by molar-refractivity contribution is -0.113. The molecule has 0 bridgehead atoms. The van der Waals surface area contributed by atoms with Crippen molar-refractivity contribution in [3.8, 4) is 0 Å². The zero-order chi connectivity index (χ0) is 7.45. The van der Waals surface area contributed by atoms with Crippen molar-refractivity contribution in [2.24, 2.45) is 5.41 Å². The fourth-order valence-corrected chi connectivity index (χ4v) is 1.30. The highest BCUT2D eigenvalue weighted by molar-refractivity contribution is 5.61. The Kier molecular flexibility index (Phi) is 2.25. The van der Waals surface area contributed by atoms with Crippen molar-refractivity contribution in [3.63, 3.8) is 0 Å². The average Bonchev–Trinajstić information content (AvgIpc) is 2.15. The van der Waals surface area contributed by atoms with Crippen molar-refractivity contribution in [1.29, 1.82) is 0 Å². The first-order valence-corrected chi connectivity index (χ1v) is 3.91. The number of rotatable bonds is 1. The molecule has 0 fully saturated rings. The Balaban J connectivity index is 2.64. The van der Waals surface area contributed by atoms with Crippen LogP contribution < -0.4 is 0 Å². The van der Waals surface area contributed by atoms with Crippen LogP contribution in [0.5, 0.6) is 0 Å². The zero-order valence-electron chi connectivity index (χ0n) is 6.47. The Labute approximate surface area is 62.1 Å². The van der Waals surface area contributed by atoms with Gasteiger partial charge >= 0.3 is 0 Å². The molecule has 0 spiro atoms. The van der Waals surface area contributed by atoms with Crippen molar-refractivity contribution in [3.05, 3.63) is 12.2 Å². The predicted molar refractivity (Wildman–Crippen MR) is 41.8 cm³/mol. The molecule has 0 aliphatic heterocycles. The van der Waals surface area contributed by atoms with E-state index in [9.17, 15) is 4.79 Å². The van der Waals surface area contributed by atoms with E-state index in [0.717, 1.165) is 19.1 Å². The first-order chi connectivity index (χ1) is 4.77. The van der Waals surface area contributed by atoms with Crippen molar-refractivity contribution in [2.75, 3.05) is 0 Å². The number of carbonyl (C=O) groups is 1. The number of carbonyl (C=O) groups excluding carboxylic acids is 1. The van der Waals surface area contributed by atoms with Crippen LogP contribution in [0.2, 0.25) is 0 Å². The first kappa shape index (κ1) is 7.52. The van der Waals surface area contributed by atoms with Gasteiger partial charge in [0.2, 0.25) is 0 Å². The molecule has 0 aromatic rings. The summed E-state index contributed by atoms with van der Waals surface area (Å²) >= 11 is 0. The summed E-state index contributed by atoms with van der Waals surface area (Å²) in [6.07, 6.45) is 9.82. The van der Waals surface area contributed by atoms with Crippen LogP contribution in [0.4, 0.5) is 0 Å². The van der Waals surface area contributed by atoms with Crippen LogP contribution >= 0.6 is 0 Å². The Morgan fingerprint density at radius 3 is 3.00 bits per heavy atom. The first-order valence-electron chi connectivity index (χ1n) is 3.91. The highest BCUT2D eigenvalue weighted by Crippen LogP contribution is 2.26. The highest BCUT2D eigenvalue weighted by Gasteiger charge is 2.20. The van der Waals surface area contributed by atoms with Crippen LogP contribution in [0.25, 0.3) is 0 Å². The molecule has 56 valence electrons. The topological polar surface area (TPSA) is 17.1 Å². The lowest BCUT2D eigenvalue weighted by Crippen LogP contribution is -2.13. The highest BCUT2D eigenvalue weighted by atomic mass is 16.1. The maximum absolute atomic E-state index is 10.6. The van der Waals surface area contributed by atoms with Crippen molar-refractivity contribution in [1.82, 2.24) is 0 Å². The van der Waals surface area contributed by atoms with Gasteiger partial charge in [-0.1, -0.05) is 18.6 Å². The number of hydrogen-bond donors (Lipinski definition) is 0. The summed E-state index contributed by atoms with van der Waals surface area (Å²) in [5.41, 5.74) is -0.156. The Bertz CT molecular complexity index is 149. The minimum Gasteiger partial charge on any atom is -0.302 e. The lowest BCUT2D eigenvalue weighted by Gasteiger charge is -2.15. The SMILES string of the molecule is CC1(C=O)C=CCCCC1. The molecule has 1 aliphatic rings. The van der Waals surface area contributed by atoms with Gasteiger partial charge in [0.25, 0.3) is 0 Å². The molecule has 0 N–H and O–H groups in total. The van der Waals surface area contributed by atoms with E-state index in [1.165, 1.54) is 12.8 Å². The molecule has 1 unspecified atom stereocenters. The second-order valence-electron chi connectivity index (χ2n) is 3.27. The van der Waals surface area contributed by atoms with Gasteiger partial charge in [-0.15, -0.1) is 0 Å². The van der Waals surface area contributed by atoms with Crippen LogP contribution in [0, 0.1) is 5.41 Å². The van der Waals surface area contributed by atoms with Crippen LogP contribution in [0.15, 0.2) is 12.2 Å². The van der Waals surface area contributed by atoms with E-state index >= 15 is 0 Å². The Morgan fingerprint density at radius 1 is 1.50 bits per heavy atom. The number of aldehydes is 1. The third kappa shape index (κ3) is 1.69. The molecule has 0 heterocycles. The molecule has 1 nitrogen and oxygen atoms in total. The second-order valence-corrected chi connectivity index (χ2v) is 3.27. The molecular weight excluding hydrogens is 124 g/mol. The van der Waals surface area contributed by atoms with E-state index in [2.05, 4.69) is 6.08 Å². The molecule has 0 radical (unpaired) electrons. The number of allylic oxidation sites excluding steroid dienone is 2. The predicted octanol–water partition coefficient (Wildman–Crippen LogP) is 2.32. The molecule has 0 saturated heterocycles. The van der Waals surface area contributed by atoms with E-state index in [1.807, 2.05) is 13.0 Å². The fourth-order valence-electron chi connectivity index (χ4n) is 1.30. The largest absolute Gasteiger partial charge is 0.302 e. The van der Waals surface area contributed by atoms with E-state index in [1.54, 1.807) is 0 Å². The summed E-state index contributed by atoms with van der Waals surface area (Å²) in [5.74, 6) is 0. The molecule has 1 heteroatoms. The van der Waals surface area contributed by atoms with E-state index in [-0.39, 0.29) is 5.41 Å². The van der Waals surface area contributed by atoms with Crippen molar-refractivity contribution in [2.45, 2.75) is 32.6 Å². The van der Waals surface area contributed by atoms with Gasteiger partial charge in [0.05, 0.1) is 0 Å². The summed E-state index contributed by atoms with van der Waals surface area (Å²) in [5, 5.41) is 0. The van der Waals surface area contributed by atoms with Gasteiger partial charge in [0.1, 0.15) is 6.29 Å². The monoisotopic (exact) mass is 138 g/mol. The number of hydrogen-bond acceptors (Lipinski definition) is 1. The maximum atomic E-state index is 10.6. The fraction of sp³-hybridized carbons (Fsp3) is 0.667. The molecule has 1 atom stereocenters. The third-order valence-corrected chi connectivity index (χ3v) is 2.10. The minimum absolute atomic E-state index is 0.156. The van der Waals surface area contributed by atoms with Gasteiger partial charge < -0.3 is 4.79 Å². The summed E-state index contributed by atoms with van der Waals surface area (Å²) < 4.78 is 0. The third-order valence-electron chi connectivity index (χ3n) is 2.10. The van der Waals surface area contributed by atoms with Gasteiger partial charge in [-0.05, 0) is 26.2 Å². The molecular formula is C9H14O. The maximum Gasteiger partial charge on any atom is 0.129 e. The van der Waals surface area contributed by atoms with E-state index in [0.29, 0.717) is 0 Å². The smallest absolute Gasteiger partial charge is 0.129 e.